The molecule has 1 unspecified atom stereocenters. The minimum atomic E-state index is -3.34. The zero-order valence-corrected chi connectivity index (χ0v) is 12.7. The Kier molecular flexibility index (Phi) is 7.04. The highest BCUT2D eigenvalue weighted by atomic mass is 31.2. The largest absolute Gasteiger partial charge is 0.323 e. The topological polar surface area (TPSA) is 43.4 Å². The molecule has 0 saturated carbocycles. The van der Waals surface area contributed by atoms with Crippen molar-refractivity contribution >= 4 is 18.2 Å². The van der Waals surface area contributed by atoms with Crippen molar-refractivity contribution in [1.82, 2.24) is 0 Å². The highest BCUT2D eigenvalue weighted by Crippen LogP contribution is 2.47. The highest BCUT2D eigenvalue weighted by Gasteiger charge is 2.32. The Morgan fingerprint density at radius 3 is 2.32 bits per heavy atom. The van der Waals surface area contributed by atoms with Crippen LogP contribution in [0, 0.1) is 0 Å². The van der Waals surface area contributed by atoms with E-state index in [4.69, 9.17) is 4.52 Å². The molecule has 0 fully saturated rings. The van der Waals surface area contributed by atoms with Crippen molar-refractivity contribution in [2.24, 2.45) is 0 Å². The van der Waals surface area contributed by atoms with Crippen LogP contribution in [0.5, 0.6) is 0 Å². The molecule has 0 bridgehead atoms. The van der Waals surface area contributed by atoms with Crippen LogP contribution < -0.4 is 5.30 Å². The van der Waals surface area contributed by atoms with Gasteiger partial charge >= 0.3 is 0 Å². The van der Waals surface area contributed by atoms with Crippen LogP contribution in [0.2, 0.25) is 0 Å². The first-order valence-electron chi connectivity index (χ1n) is 6.90. The lowest BCUT2D eigenvalue weighted by atomic mass is 10.1. The molecule has 0 amide bonds. The molecule has 0 radical (unpaired) electrons. The van der Waals surface area contributed by atoms with Crippen molar-refractivity contribution in [3.8, 4) is 0 Å². The zero-order chi connectivity index (χ0) is 14.1. The van der Waals surface area contributed by atoms with E-state index in [-0.39, 0.29) is 5.52 Å². The van der Waals surface area contributed by atoms with Crippen LogP contribution in [-0.4, -0.2) is 12.6 Å². The maximum Gasteiger partial charge on any atom is 0.295 e. The molecule has 106 valence electrons. The summed E-state index contributed by atoms with van der Waals surface area (Å²) in [6.07, 6.45) is 5.64. The van der Waals surface area contributed by atoms with Gasteiger partial charge in [-0.25, -0.2) is 0 Å². The van der Waals surface area contributed by atoms with E-state index < -0.39 is 7.37 Å². The molecule has 19 heavy (non-hydrogen) atoms. The Morgan fingerprint density at radius 2 is 1.74 bits per heavy atom. The van der Waals surface area contributed by atoms with Gasteiger partial charge in [-0.05, 0) is 18.6 Å². The van der Waals surface area contributed by atoms with Crippen LogP contribution in [0.4, 0.5) is 0 Å². The van der Waals surface area contributed by atoms with Gasteiger partial charge in [-0.15, -0.1) is 0 Å². The molecule has 0 aliphatic rings. The average Bonchev–Trinajstić information content (AvgIpc) is 2.46. The minimum Gasteiger partial charge on any atom is -0.323 e. The third-order valence-electron chi connectivity index (χ3n) is 3.18. The average molecular weight is 282 g/mol. The molecule has 1 atom stereocenters. The summed E-state index contributed by atoms with van der Waals surface area (Å²) in [5.41, 5.74) is -0.266. The maximum atomic E-state index is 12.6. The van der Waals surface area contributed by atoms with Crippen LogP contribution in [0.25, 0.3) is 0 Å². The first kappa shape index (κ1) is 16.1. The summed E-state index contributed by atoms with van der Waals surface area (Å²) in [7, 11) is -1.99. The fourth-order valence-electron chi connectivity index (χ4n) is 2.00. The second-order valence-corrected chi connectivity index (χ2v) is 7.11. The van der Waals surface area contributed by atoms with E-state index in [1.807, 2.05) is 6.07 Å². The van der Waals surface area contributed by atoms with Crippen molar-refractivity contribution < 1.29 is 13.9 Å². The number of unbranched alkanes of at least 4 members (excludes halogenated alkanes) is 4. The van der Waals surface area contributed by atoms with Crippen LogP contribution in [-0.2, 0) is 13.9 Å². The normalized spacial score (nSPS) is 14.0. The van der Waals surface area contributed by atoms with Gasteiger partial charge in [0.05, 0.1) is 0 Å². The van der Waals surface area contributed by atoms with E-state index in [0.717, 1.165) is 19.3 Å². The minimum absolute atomic E-state index is 0.266. The second kappa shape index (κ2) is 8.29. The van der Waals surface area contributed by atoms with Gasteiger partial charge in [0.2, 0.25) is 5.52 Å². The number of hydrogen-bond donors (Lipinski definition) is 0. The fourth-order valence-corrected chi connectivity index (χ4v) is 3.72. The van der Waals surface area contributed by atoms with Gasteiger partial charge in [0, 0.05) is 18.8 Å². The molecule has 0 aliphatic heterocycles. The van der Waals surface area contributed by atoms with Crippen LogP contribution in [0.1, 0.15) is 45.4 Å². The molecule has 4 heteroatoms. The number of hydrogen-bond acceptors (Lipinski definition) is 3. The molecule has 0 N–H and O–H groups in total. The van der Waals surface area contributed by atoms with E-state index in [0.29, 0.717) is 11.7 Å². The van der Waals surface area contributed by atoms with E-state index in [9.17, 15) is 9.36 Å². The van der Waals surface area contributed by atoms with Gasteiger partial charge in [0.1, 0.15) is 0 Å². The molecule has 1 rings (SSSR count). The molecule has 3 nitrogen and oxygen atoms in total. The van der Waals surface area contributed by atoms with Gasteiger partial charge < -0.3 is 4.52 Å². The lowest BCUT2D eigenvalue weighted by molar-refractivity contribution is -0.112. The van der Waals surface area contributed by atoms with E-state index >= 15 is 0 Å². The molecule has 0 spiro atoms. The van der Waals surface area contributed by atoms with E-state index in [1.54, 1.807) is 24.3 Å². The van der Waals surface area contributed by atoms with Gasteiger partial charge in [-0.3, -0.25) is 9.36 Å². The summed E-state index contributed by atoms with van der Waals surface area (Å²) in [5.74, 6) is 0. The third-order valence-corrected chi connectivity index (χ3v) is 5.55. The van der Waals surface area contributed by atoms with Crippen LogP contribution in [0.3, 0.4) is 0 Å². The predicted molar refractivity (Wildman–Crippen MR) is 79.1 cm³/mol. The van der Waals surface area contributed by atoms with Gasteiger partial charge in [-0.1, -0.05) is 50.8 Å². The molecule has 1 aromatic rings. The van der Waals surface area contributed by atoms with E-state index in [2.05, 4.69) is 6.92 Å². The molecule has 0 heterocycles. The SMILES string of the molecule is CCCCCCCC(=O)P(=O)(OC)c1ccccc1. The van der Waals surface area contributed by atoms with Crippen molar-refractivity contribution in [3.63, 3.8) is 0 Å². The molecular weight excluding hydrogens is 259 g/mol. The fraction of sp³-hybridized carbons (Fsp3) is 0.533. The van der Waals surface area contributed by atoms with Gasteiger partial charge in [0.25, 0.3) is 7.37 Å². The Morgan fingerprint density at radius 1 is 1.11 bits per heavy atom. The first-order valence-corrected chi connectivity index (χ1v) is 8.52. The Hall–Kier alpha value is -0.920. The first-order chi connectivity index (χ1) is 9.15. The van der Waals surface area contributed by atoms with Crippen molar-refractivity contribution in [1.29, 1.82) is 0 Å². The van der Waals surface area contributed by atoms with Crippen molar-refractivity contribution in [3.05, 3.63) is 30.3 Å². The zero-order valence-electron chi connectivity index (χ0n) is 11.8. The molecular formula is C15H23O3P. The summed E-state index contributed by atoms with van der Waals surface area (Å²) in [6, 6.07) is 8.77. The summed E-state index contributed by atoms with van der Waals surface area (Å²) < 4.78 is 17.7. The van der Waals surface area contributed by atoms with Crippen molar-refractivity contribution in [2.75, 3.05) is 7.11 Å². The lowest BCUT2D eigenvalue weighted by Crippen LogP contribution is -2.14. The van der Waals surface area contributed by atoms with Crippen molar-refractivity contribution in [2.45, 2.75) is 45.4 Å². The maximum absolute atomic E-state index is 12.6. The Labute approximate surface area is 115 Å². The third kappa shape index (κ3) is 4.59. The lowest BCUT2D eigenvalue weighted by Gasteiger charge is -2.14. The predicted octanol–water partition coefficient (Wildman–Crippen LogP) is 4.12. The summed E-state index contributed by atoms with van der Waals surface area (Å²) in [6.45, 7) is 2.15. The van der Waals surface area contributed by atoms with Gasteiger partial charge in [0.15, 0.2) is 0 Å². The number of carbonyl (C=O) groups is 1. The number of carbonyl (C=O) groups excluding carboxylic acids is 1. The second-order valence-electron chi connectivity index (χ2n) is 4.63. The van der Waals surface area contributed by atoms with Crippen LogP contribution in [0.15, 0.2) is 30.3 Å². The van der Waals surface area contributed by atoms with Gasteiger partial charge in [-0.2, -0.15) is 0 Å². The Bertz CT molecular complexity index is 428. The molecule has 0 saturated heterocycles. The standard InChI is InChI=1S/C15H23O3P/c1-3-4-5-6-10-13-15(16)19(17,18-2)14-11-8-7-9-12-14/h7-9,11-12H,3-6,10,13H2,1-2H3. The van der Waals surface area contributed by atoms with E-state index in [1.165, 1.54) is 20.0 Å². The summed E-state index contributed by atoms with van der Waals surface area (Å²) in [5, 5.41) is 0.496. The monoisotopic (exact) mass is 282 g/mol. The quantitative estimate of drug-likeness (QED) is 0.505. The highest BCUT2D eigenvalue weighted by molar-refractivity contribution is 7.82. The Balaban J connectivity index is 2.59. The molecule has 1 aromatic carbocycles. The van der Waals surface area contributed by atoms with Crippen LogP contribution >= 0.6 is 7.37 Å². The number of benzene rings is 1. The molecule has 0 aliphatic carbocycles. The summed E-state index contributed by atoms with van der Waals surface area (Å²) >= 11 is 0. The number of rotatable bonds is 9. The smallest absolute Gasteiger partial charge is 0.295 e. The summed E-state index contributed by atoms with van der Waals surface area (Å²) in [4.78, 5) is 12.1. The molecule has 0 aromatic heterocycles.